The Morgan fingerprint density at radius 1 is 0.630 bits per heavy atom. The number of nitro groups is 1. The molecule has 0 spiro atoms. The predicted molar refractivity (Wildman–Crippen MR) is 317 cm³/mol. The van der Waals surface area contributed by atoms with Crippen LogP contribution >= 0.6 is 31.9 Å². The summed E-state index contributed by atoms with van der Waals surface area (Å²) in [7, 11) is -2.05. The van der Waals surface area contributed by atoms with Gasteiger partial charge in [0.05, 0.1) is 26.2 Å². The van der Waals surface area contributed by atoms with Crippen molar-refractivity contribution in [2.75, 3.05) is 42.3 Å². The van der Waals surface area contributed by atoms with Crippen molar-refractivity contribution in [1.82, 2.24) is 50.5 Å². The molecule has 0 aliphatic carbocycles. The van der Waals surface area contributed by atoms with Crippen molar-refractivity contribution in [2.24, 2.45) is 16.6 Å². The molecule has 0 bridgehead atoms. The van der Waals surface area contributed by atoms with Crippen LogP contribution in [0.1, 0.15) is 44.5 Å². The molecule has 18 N–H and O–H groups in total. The minimum atomic E-state index is -4.17. The number of nitrogens with zero attached hydrogens (tertiary/aromatic N) is 14. The second-order valence-electron chi connectivity index (χ2n) is 16.4. The largest absolute Gasteiger partial charge is 0.594 e. The molecule has 0 fully saturated rings. The van der Waals surface area contributed by atoms with Crippen molar-refractivity contribution in [3.05, 3.63) is 135 Å². The van der Waals surface area contributed by atoms with Crippen LogP contribution in [0.5, 0.6) is 0 Å². The van der Waals surface area contributed by atoms with Crippen molar-refractivity contribution in [2.45, 2.75) is 62.2 Å². The molecule has 4 aromatic heterocycles. The molecule has 0 amide bonds. The van der Waals surface area contributed by atoms with Crippen LogP contribution < -0.4 is 54.5 Å². The summed E-state index contributed by atoms with van der Waals surface area (Å²) in [6.07, 6.45) is 1.25. The molecule has 432 valence electrons. The van der Waals surface area contributed by atoms with Crippen molar-refractivity contribution in [3.63, 3.8) is 0 Å². The number of anilines is 5. The number of benzene rings is 5. The van der Waals surface area contributed by atoms with Crippen LogP contribution in [0.3, 0.4) is 0 Å². The molecule has 9 rings (SSSR count). The molecule has 31 nitrogen and oxygen atoms in total. The van der Waals surface area contributed by atoms with E-state index in [1.165, 1.54) is 31.7 Å². The second-order valence-corrected chi connectivity index (χ2v) is 19.2. The quantitative estimate of drug-likeness (QED) is 0.0136. The van der Waals surface area contributed by atoms with Gasteiger partial charge < -0.3 is 60.2 Å². The summed E-state index contributed by atoms with van der Waals surface area (Å²) in [6, 6.07) is 18.4. The van der Waals surface area contributed by atoms with Crippen molar-refractivity contribution < 1.29 is 37.6 Å². The van der Waals surface area contributed by atoms with Gasteiger partial charge in [0.2, 0.25) is 11.9 Å². The maximum Gasteiger partial charge on any atom is 0.448 e. The lowest BCUT2D eigenvalue weighted by Gasteiger charge is -2.03. The Morgan fingerprint density at radius 2 is 0.975 bits per heavy atom. The highest BCUT2D eigenvalue weighted by molar-refractivity contribution is 9.10. The summed E-state index contributed by atoms with van der Waals surface area (Å²) in [6.45, 7) is 16.8. The molecule has 0 aliphatic rings. The molecular formula is C46H61BBr2N22O9S. The molecule has 0 aliphatic heterocycles. The summed E-state index contributed by atoms with van der Waals surface area (Å²) in [5.74, 6) is 0.765. The summed E-state index contributed by atoms with van der Waals surface area (Å²) in [4.78, 5) is 27.4. The van der Waals surface area contributed by atoms with Gasteiger partial charge in [0.1, 0.15) is 27.8 Å². The van der Waals surface area contributed by atoms with Crippen molar-refractivity contribution in [1.29, 1.82) is 5.26 Å². The van der Waals surface area contributed by atoms with Gasteiger partial charge in [-0.05, 0) is 148 Å². The average Bonchev–Trinajstić information content (AvgIpc) is 3.43. The summed E-state index contributed by atoms with van der Waals surface area (Å²) < 4.78 is 26.7. The maximum absolute atomic E-state index is 11.4. The molecule has 81 heavy (non-hydrogen) atoms. The number of rotatable bonds is 2. The zero-order valence-corrected chi connectivity index (χ0v) is 49.6. The normalized spacial score (nSPS) is 9.89. The number of hydrogen-bond acceptors (Lipinski definition) is 26. The first-order chi connectivity index (χ1) is 37.7. The lowest BCUT2D eigenvalue weighted by atomic mass is 9.99. The van der Waals surface area contributed by atoms with Crippen LogP contribution in [0.15, 0.2) is 69.6 Å². The fourth-order valence-corrected chi connectivity index (χ4v) is 7.71. The summed E-state index contributed by atoms with van der Waals surface area (Å²) in [5.41, 5.74) is 44.0. The van der Waals surface area contributed by atoms with Crippen LogP contribution in [0, 0.1) is 87.4 Å². The van der Waals surface area contributed by atoms with E-state index in [0.29, 0.717) is 47.7 Å². The fraction of sp³-hybridized carbons (Fsp3) is 0.239. The van der Waals surface area contributed by atoms with E-state index >= 15 is 0 Å². The van der Waals surface area contributed by atoms with E-state index in [2.05, 4.69) is 116 Å². The highest BCUT2D eigenvalue weighted by Crippen LogP contribution is 2.29. The van der Waals surface area contributed by atoms with Crippen LogP contribution in [-0.2, 0) is 10.3 Å². The van der Waals surface area contributed by atoms with Gasteiger partial charge in [0.25, 0.3) is 28.6 Å². The third-order valence-electron chi connectivity index (χ3n) is 9.48. The first-order valence-corrected chi connectivity index (χ1v) is 25.9. The molecule has 35 heteroatoms. The van der Waals surface area contributed by atoms with Crippen LogP contribution in [-0.4, -0.2) is 99.7 Å². The first-order valence-electron chi connectivity index (χ1n) is 22.8. The van der Waals surface area contributed by atoms with Crippen LogP contribution in [0.2, 0.25) is 6.82 Å². The van der Waals surface area contributed by atoms with Crippen LogP contribution in [0.25, 0.3) is 44.1 Å². The Labute approximate surface area is 481 Å². The zero-order chi connectivity index (χ0) is 62.2. The minimum absolute atomic E-state index is 0.000506. The highest BCUT2D eigenvalue weighted by atomic mass is 79.9. The number of aryl methyl sites for hydroxylation is 8. The number of nitro benzene ring substituents is 1. The molecule has 0 radical (unpaired) electrons. The van der Waals surface area contributed by atoms with E-state index in [9.17, 15) is 20.5 Å². The van der Waals surface area contributed by atoms with Gasteiger partial charge in [-0.1, -0.05) is 50.1 Å². The van der Waals surface area contributed by atoms with E-state index in [0.717, 1.165) is 59.9 Å². The topological polar surface area (TPSA) is 539 Å². The number of hydrogen-bond donors (Lipinski definition) is 11. The highest BCUT2D eigenvalue weighted by Gasteiger charge is 2.15. The third kappa shape index (κ3) is 24.0. The molecule has 9 aromatic rings. The van der Waals surface area contributed by atoms with Crippen molar-refractivity contribution in [3.8, 4) is 6.19 Å². The summed E-state index contributed by atoms with van der Waals surface area (Å²) in [5, 5.41) is 85.0. The van der Waals surface area contributed by atoms with Gasteiger partial charge in [-0.3, -0.25) is 14.7 Å². The smallest absolute Gasteiger partial charge is 0.448 e. The van der Waals surface area contributed by atoms with Gasteiger partial charge >= 0.3 is 17.4 Å². The predicted octanol–water partition coefficient (Wildman–Crippen LogP) is 3.37. The van der Waals surface area contributed by atoms with Crippen molar-refractivity contribution >= 4 is 129 Å². The van der Waals surface area contributed by atoms with Crippen LogP contribution in [0.4, 0.5) is 35.2 Å². The number of nitrogens with two attached hydrogens (primary N) is 7. The molecule has 0 saturated heterocycles. The molecular weight excluding hydrogens is 1210 g/mol. The molecule has 5 aromatic carbocycles. The molecule has 0 unspecified atom stereocenters. The van der Waals surface area contributed by atoms with E-state index in [4.69, 9.17) is 51.2 Å². The average molecular weight is 1270 g/mol. The standard InChI is InChI=1S/C10H12N4.C9H10N4O.C9H10N4.C8H7BrN4O.C7H7BrN2O2.CH5BO2.CH2N2.CH5N.H3NO3S/c1-6-4-7(2)9-8(5-6)13-14-10(11-3)12-9;1-5-3-6(2)8-7(4-5)13(14)12-9(10)11-8;1-5-3-6(2)8-7(4-5)12-13-9(10)11-8;1-4-2-5(9)3-6-7(4)11-8(10)12-13(6)14;1-4-2-5(8)3-6(7(4)9)10(11)12;1-2(3)4;2-1-3;1-2;1-5(2,3)4/h4-5H,1-3H3,(H,11,12,14);3-4H,1-2H3,(H2,10,11,12);3-4H,1-2H3,(H2,10,11,13);2-3H,1H3,(H2,10,11,12);2-3H,9H2,1H3;3-4H,1H3;2H2;2H2,1H3;(H3,1,2,3,4). The first kappa shape index (κ1) is 70.3. The Morgan fingerprint density at radius 3 is 1.41 bits per heavy atom. The maximum atomic E-state index is 11.4. The lowest BCUT2D eigenvalue weighted by molar-refractivity contribution is -0.641. The number of nitrogens with one attached hydrogen (secondary N) is 1. The molecule has 4 heterocycles. The molecule has 0 saturated carbocycles. The number of fused-ring (bicyclic) bond motifs is 4. The third-order valence-corrected chi connectivity index (χ3v) is 10.4. The van der Waals surface area contributed by atoms with E-state index in [1.807, 2.05) is 72.7 Å². The van der Waals surface area contributed by atoms with E-state index in [-0.39, 0.29) is 29.2 Å². The van der Waals surface area contributed by atoms with Gasteiger partial charge in [-0.15, -0.1) is 20.4 Å². The Hall–Kier alpha value is -8.76. The lowest BCUT2D eigenvalue weighted by Crippen LogP contribution is -2.33. The van der Waals surface area contributed by atoms with Gasteiger partial charge in [-0.25, -0.2) is 25.1 Å². The number of nitriles is 1. The summed E-state index contributed by atoms with van der Waals surface area (Å²) >= 11 is 6.45. The second kappa shape index (κ2) is 33.0. The molecule has 0 atom stereocenters. The zero-order valence-electron chi connectivity index (χ0n) is 45.6. The van der Waals surface area contributed by atoms with E-state index in [1.54, 1.807) is 32.2 Å². The number of halogens is 2. The fourth-order valence-electron chi connectivity index (χ4n) is 6.59. The Kier molecular flexibility index (Phi) is 28.6. The van der Waals surface area contributed by atoms with E-state index < -0.39 is 22.3 Å². The van der Waals surface area contributed by atoms with Gasteiger partial charge in [0, 0.05) is 34.2 Å². The van der Waals surface area contributed by atoms with Gasteiger partial charge in [-0.2, -0.15) is 13.7 Å². The number of nitrogen functional groups attached to an aromatic ring is 4. The number of aromatic nitrogens is 12. The Bertz CT molecular complexity index is 3580. The SMILES string of the molecule is CB(O)O.CN.CNc1nnc2cc(C)cc(C)c2n1.Cc1cc(Br)cc([N+](=O)[O-])c1N.Cc1cc(Br)cc2c1nc(N)n[n+]2[O-].Cc1cc(C)c2nc(N)n[n+]([O-])c2c1.Cc1cc(C)c2nc(N)nnc2c1.N#CN.NS(=O)(=O)O. The minimum Gasteiger partial charge on any atom is -0.594 e. The van der Waals surface area contributed by atoms with Gasteiger partial charge in [0.15, 0.2) is 6.19 Å². The Balaban J connectivity index is 0.000000478. The monoisotopic (exact) mass is 1270 g/mol.